The van der Waals surface area contributed by atoms with Crippen molar-refractivity contribution in [3.05, 3.63) is 0 Å². The Hall–Kier alpha value is -1.63. The highest BCUT2D eigenvalue weighted by molar-refractivity contribution is 5.39. The van der Waals surface area contributed by atoms with E-state index in [4.69, 9.17) is 4.74 Å². The van der Waals surface area contributed by atoms with Crippen LogP contribution in [0.1, 0.15) is 33.6 Å². The average Bonchev–Trinajstić information content (AvgIpc) is 2.95. The number of anilines is 2. The lowest BCUT2D eigenvalue weighted by Crippen LogP contribution is -2.26. The van der Waals surface area contributed by atoms with E-state index < -0.39 is 0 Å². The van der Waals surface area contributed by atoms with Gasteiger partial charge in [0.2, 0.25) is 11.9 Å². The van der Waals surface area contributed by atoms with Gasteiger partial charge in [0.05, 0.1) is 12.7 Å². The van der Waals surface area contributed by atoms with Crippen LogP contribution < -0.4 is 15.0 Å². The maximum absolute atomic E-state index is 9.71. The maximum atomic E-state index is 9.71. The number of aromatic nitrogens is 3. The highest BCUT2D eigenvalue weighted by atomic mass is 16.5. The van der Waals surface area contributed by atoms with Gasteiger partial charge < -0.3 is 20.1 Å². The Bertz CT molecular complexity index is 455. The van der Waals surface area contributed by atoms with Crippen LogP contribution >= 0.6 is 0 Å². The molecule has 1 saturated heterocycles. The summed E-state index contributed by atoms with van der Waals surface area (Å²) in [7, 11) is 0. The molecule has 0 spiro atoms. The summed E-state index contributed by atoms with van der Waals surface area (Å²) in [5.41, 5.74) is 0. The molecule has 1 fully saturated rings. The third kappa shape index (κ3) is 4.17. The van der Waals surface area contributed by atoms with Crippen LogP contribution in [0.4, 0.5) is 11.9 Å². The Balaban J connectivity index is 2.15. The first-order valence-electron chi connectivity index (χ1n) is 7.69. The van der Waals surface area contributed by atoms with Crippen LogP contribution in [0, 0.1) is 5.92 Å². The van der Waals surface area contributed by atoms with Crippen molar-refractivity contribution in [2.24, 2.45) is 5.92 Å². The third-order valence-corrected chi connectivity index (χ3v) is 3.56. The van der Waals surface area contributed by atoms with E-state index >= 15 is 0 Å². The smallest absolute Gasteiger partial charge is 0.323 e. The summed E-state index contributed by atoms with van der Waals surface area (Å²) in [6, 6.07) is 0.360. The molecule has 7 heteroatoms. The van der Waals surface area contributed by atoms with E-state index in [0.717, 1.165) is 32.5 Å². The maximum Gasteiger partial charge on any atom is 0.323 e. The largest absolute Gasteiger partial charge is 0.463 e. The van der Waals surface area contributed by atoms with Crippen LogP contribution in [0.25, 0.3) is 0 Å². The summed E-state index contributed by atoms with van der Waals surface area (Å²) in [6.45, 7) is 8.81. The molecule has 2 heterocycles. The Kier molecular flexibility index (Phi) is 5.55. The molecule has 1 aromatic heterocycles. The zero-order valence-corrected chi connectivity index (χ0v) is 13.0. The van der Waals surface area contributed by atoms with E-state index in [-0.39, 0.29) is 12.0 Å². The zero-order valence-electron chi connectivity index (χ0n) is 13.0. The molecule has 0 amide bonds. The van der Waals surface area contributed by atoms with Crippen molar-refractivity contribution in [2.45, 2.75) is 39.7 Å². The summed E-state index contributed by atoms with van der Waals surface area (Å²) < 4.78 is 5.54. The van der Waals surface area contributed by atoms with Crippen molar-refractivity contribution in [3.63, 3.8) is 0 Å². The van der Waals surface area contributed by atoms with Gasteiger partial charge in [0.15, 0.2) is 0 Å². The van der Waals surface area contributed by atoms with Gasteiger partial charge in [-0.15, -0.1) is 0 Å². The molecular formula is C14H25N5O2. The molecule has 2 rings (SSSR count). The lowest BCUT2D eigenvalue weighted by molar-refractivity contribution is 0.136. The first-order valence-corrected chi connectivity index (χ1v) is 7.69. The van der Waals surface area contributed by atoms with Crippen LogP contribution in [-0.4, -0.2) is 52.4 Å². The number of ether oxygens (including phenoxy) is 1. The second-order valence-electron chi connectivity index (χ2n) is 5.36. The normalized spacial score (nSPS) is 19.6. The molecule has 21 heavy (non-hydrogen) atoms. The summed E-state index contributed by atoms with van der Waals surface area (Å²) in [5, 5.41) is 12.8. The van der Waals surface area contributed by atoms with Crippen molar-refractivity contribution in [3.8, 4) is 6.01 Å². The molecule has 2 unspecified atom stereocenters. The first-order chi connectivity index (χ1) is 10.1. The Labute approximate surface area is 125 Å². The predicted molar refractivity (Wildman–Crippen MR) is 81.8 cm³/mol. The van der Waals surface area contributed by atoms with Gasteiger partial charge in [-0.2, -0.15) is 15.0 Å². The van der Waals surface area contributed by atoms with Gasteiger partial charge in [-0.3, -0.25) is 0 Å². The zero-order chi connectivity index (χ0) is 15.2. The van der Waals surface area contributed by atoms with Gasteiger partial charge in [0.25, 0.3) is 0 Å². The molecular weight excluding hydrogens is 270 g/mol. The predicted octanol–water partition coefficient (Wildman–Crippen LogP) is 1.30. The van der Waals surface area contributed by atoms with Crippen LogP contribution in [0.2, 0.25) is 0 Å². The molecule has 0 bridgehead atoms. The molecule has 7 nitrogen and oxygen atoms in total. The fourth-order valence-corrected chi connectivity index (χ4v) is 2.35. The molecule has 118 valence electrons. The van der Waals surface area contributed by atoms with Crippen molar-refractivity contribution in [1.29, 1.82) is 0 Å². The van der Waals surface area contributed by atoms with Gasteiger partial charge in [0.1, 0.15) is 0 Å². The van der Waals surface area contributed by atoms with E-state index in [1.165, 1.54) is 0 Å². The lowest BCUT2D eigenvalue weighted by Gasteiger charge is -2.18. The fourth-order valence-electron chi connectivity index (χ4n) is 2.35. The molecule has 0 saturated carbocycles. The van der Waals surface area contributed by atoms with Gasteiger partial charge >= 0.3 is 6.01 Å². The van der Waals surface area contributed by atoms with E-state index in [9.17, 15) is 5.11 Å². The topological polar surface area (TPSA) is 83.4 Å². The molecule has 1 aliphatic heterocycles. The molecule has 2 atom stereocenters. The molecule has 1 aliphatic rings. The SMILES string of the molecule is CCCOc1nc(NCC)nc(N2CCC(C(C)O)C2)n1. The van der Waals surface area contributed by atoms with E-state index in [1.54, 1.807) is 0 Å². The monoisotopic (exact) mass is 295 g/mol. The molecule has 0 aliphatic carbocycles. The van der Waals surface area contributed by atoms with Crippen molar-refractivity contribution >= 4 is 11.9 Å². The number of aliphatic hydroxyl groups is 1. The van der Waals surface area contributed by atoms with Gasteiger partial charge in [-0.05, 0) is 26.7 Å². The third-order valence-electron chi connectivity index (χ3n) is 3.56. The lowest BCUT2D eigenvalue weighted by atomic mass is 10.0. The summed E-state index contributed by atoms with van der Waals surface area (Å²) in [6.07, 6.45) is 1.55. The van der Waals surface area contributed by atoms with Crippen molar-refractivity contribution < 1.29 is 9.84 Å². The van der Waals surface area contributed by atoms with Crippen molar-refractivity contribution in [1.82, 2.24) is 15.0 Å². The number of aliphatic hydroxyl groups excluding tert-OH is 1. The Morgan fingerprint density at radius 3 is 2.81 bits per heavy atom. The first kappa shape index (κ1) is 15.8. The van der Waals surface area contributed by atoms with Crippen molar-refractivity contribution in [2.75, 3.05) is 36.5 Å². The number of nitrogens with zero attached hydrogens (tertiary/aromatic N) is 4. The minimum absolute atomic E-state index is 0.268. The molecule has 0 radical (unpaired) electrons. The summed E-state index contributed by atoms with van der Waals surface area (Å²) in [5.74, 6) is 1.42. The van der Waals surface area contributed by atoms with E-state index in [1.807, 2.05) is 20.8 Å². The highest BCUT2D eigenvalue weighted by Gasteiger charge is 2.28. The molecule has 2 N–H and O–H groups in total. The second-order valence-corrected chi connectivity index (χ2v) is 5.36. The number of hydrogen-bond donors (Lipinski definition) is 2. The van der Waals surface area contributed by atoms with Gasteiger partial charge in [-0.25, -0.2) is 0 Å². The quantitative estimate of drug-likeness (QED) is 0.784. The standard InChI is InChI=1S/C14H25N5O2/c1-4-8-21-14-17-12(15-5-2)16-13(18-14)19-7-6-11(9-19)10(3)20/h10-11,20H,4-9H2,1-3H3,(H,15,16,17,18). The number of hydrogen-bond acceptors (Lipinski definition) is 7. The minimum atomic E-state index is -0.305. The summed E-state index contributed by atoms with van der Waals surface area (Å²) in [4.78, 5) is 15.2. The van der Waals surface area contributed by atoms with Crippen LogP contribution in [0.3, 0.4) is 0 Å². The van der Waals surface area contributed by atoms with Crippen LogP contribution in [0.15, 0.2) is 0 Å². The Morgan fingerprint density at radius 2 is 2.19 bits per heavy atom. The highest BCUT2D eigenvalue weighted by Crippen LogP contribution is 2.24. The van der Waals surface area contributed by atoms with E-state index in [2.05, 4.69) is 25.2 Å². The summed E-state index contributed by atoms with van der Waals surface area (Å²) >= 11 is 0. The number of nitrogens with one attached hydrogen (secondary N) is 1. The minimum Gasteiger partial charge on any atom is -0.463 e. The molecule has 0 aromatic carbocycles. The Morgan fingerprint density at radius 1 is 1.38 bits per heavy atom. The fraction of sp³-hybridized carbons (Fsp3) is 0.786. The number of rotatable bonds is 7. The average molecular weight is 295 g/mol. The van der Waals surface area contributed by atoms with E-state index in [0.29, 0.717) is 24.5 Å². The van der Waals surface area contributed by atoms with Gasteiger partial charge in [0, 0.05) is 25.6 Å². The van der Waals surface area contributed by atoms with Crippen LogP contribution in [-0.2, 0) is 0 Å². The van der Waals surface area contributed by atoms with Crippen LogP contribution in [0.5, 0.6) is 6.01 Å². The molecule has 1 aromatic rings. The van der Waals surface area contributed by atoms with Gasteiger partial charge in [-0.1, -0.05) is 6.92 Å². The second kappa shape index (κ2) is 7.40.